The van der Waals surface area contributed by atoms with E-state index in [0.29, 0.717) is 26.2 Å². The van der Waals surface area contributed by atoms with Gasteiger partial charge in [0.15, 0.2) is 14.0 Å². The Bertz CT molecular complexity index is 913. The first-order valence-electron chi connectivity index (χ1n) is 12.4. The molecule has 0 spiro atoms. The van der Waals surface area contributed by atoms with Crippen molar-refractivity contribution in [1.82, 2.24) is 4.90 Å². The standard InChI is InChI=1S/C28H41NO4Si/c1-27(2,3)34(4,5)33-19-13-12-18-28(31)25(32-22-24-16-10-7-11-17-24)20-26(30)29(28)21-23-14-8-6-9-15-23/h6-11,14-17,25,31H,12-13,18-22H2,1-5H3/t25-,28?/m0/s1. The lowest BCUT2D eigenvalue weighted by atomic mass is 9.99. The summed E-state index contributed by atoms with van der Waals surface area (Å²) < 4.78 is 12.5. The first-order chi connectivity index (χ1) is 16.0. The van der Waals surface area contributed by atoms with Crippen molar-refractivity contribution in [1.29, 1.82) is 0 Å². The Balaban J connectivity index is 1.67. The maximum atomic E-state index is 13.0. The Labute approximate surface area is 206 Å². The number of likely N-dealkylation sites (tertiary alicyclic amines) is 1. The van der Waals surface area contributed by atoms with Crippen LogP contribution in [0.2, 0.25) is 18.1 Å². The van der Waals surface area contributed by atoms with Gasteiger partial charge in [0.1, 0.15) is 6.10 Å². The van der Waals surface area contributed by atoms with Gasteiger partial charge in [-0.1, -0.05) is 81.4 Å². The molecule has 1 unspecified atom stereocenters. The normalized spacial score (nSPS) is 21.3. The number of aliphatic hydroxyl groups is 1. The molecule has 2 aromatic rings. The summed E-state index contributed by atoms with van der Waals surface area (Å²) in [6.45, 7) is 12.6. The van der Waals surface area contributed by atoms with Gasteiger partial charge in [0.05, 0.1) is 13.0 Å². The molecule has 186 valence electrons. The lowest BCUT2D eigenvalue weighted by Gasteiger charge is -2.38. The number of nitrogens with zero attached hydrogens (tertiary/aromatic N) is 1. The highest BCUT2D eigenvalue weighted by Gasteiger charge is 2.52. The maximum Gasteiger partial charge on any atom is 0.228 e. The van der Waals surface area contributed by atoms with Gasteiger partial charge in [0.2, 0.25) is 5.91 Å². The van der Waals surface area contributed by atoms with E-state index in [1.54, 1.807) is 4.90 Å². The number of unbranched alkanes of at least 4 members (excludes halogenated alkanes) is 1. The van der Waals surface area contributed by atoms with Crippen LogP contribution < -0.4 is 0 Å². The highest BCUT2D eigenvalue weighted by atomic mass is 28.4. The molecule has 0 bridgehead atoms. The van der Waals surface area contributed by atoms with Crippen LogP contribution in [0.4, 0.5) is 0 Å². The van der Waals surface area contributed by atoms with Gasteiger partial charge in [0, 0.05) is 13.2 Å². The molecule has 1 heterocycles. The number of benzene rings is 2. The molecule has 1 aliphatic heterocycles. The quantitative estimate of drug-likeness (QED) is 0.320. The molecule has 1 fully saturated rings. The lowest BCUT2D eigenvalue weighted by molar-refractivity contribution is -0.178. The largest absolute Gasteiger partial charge is 0.417 e. The molecule has 34 heavy (non-hydrogen) atoms. The molecule has 6 heteroatoms. The zero-order valence-corrected chi connectivity index (χ0v) is 22.4. The number of hydrogen-bond donors (Lipinski definition) is 1. The van der Waals surface area contributed by atoms with Crippen molar-refractivity contribution < 1.29 is 19.1 Å². The van der Waals surface area contributed by atoms with E-state index in [4.69, 9.17) is 9.16 Å². The van der Waals surface area contributed by atoms with E-state index in [-0.39, 0.29) is 17.4 Å². The third-order valence-electron chi connectivity index (χ3n) is 7.33. The van der Waals surface area contributed by atoms with E-state index in [1.165, 1.54) is 0 Å². The average molecular weight is 484 g/mol. The molecule has 1 N–H and O–H groups in total. The lowest BCUT2D eigenvalue weighted by Crippen LogP contribution is -2.51. The molecule has 2 aromatic carbocycles. The highest BCUT2D eigenvalue weighted by Crippen LogP contribution is 2.38. The zero-order valence-electron chi connectivity index (χ0n) is 21.4. The van der Waals surface area contributed by atoms with Crippen molar-refractivity contribution in [3.63, 3.8) is 0 Å². The van der Waals surface area contributed by atoms with Crippen LogP contribution in [-0.4, -0.2) is 42.7 Å². The first kappa shape index (κ1) is 26.6. The van der Waals surface area contributed by atoms with Crippen molar-refractivity contribution in [3.8, 4) is 0 Å². The fourth-order valence-electron chi connectivity index (χ4n) is 4.10. The van der Waals surface area contributed by atoms with Crippen LogP contribution in [0.15, 0.2) is 60.7 Å². The summed E-state index contributed by atoms with van der Waals surface area (Å²) in [5.74, 6) is -0.0676. The van der Waals surface area contributed by atoms with Crippen LogP contribution in [-0.2, 0) is 27.1 Å². The van der Waals surface area contributed by atoms with Crippen molar-refractivity contribution in [2.45, 2.75) is 89.6 Å². The number of amides is 1. The van der Waals surface area contributed by atoms with E-state index < -0.39 is 20.1 Å². The number of carbonyl (C=O) groups excluding carboxylic acids is 1. The molecule has 0 radical (unpaired) electrons. The Morgan fingerprint density at radius 2 is 1.59 bits per heavy atom. The second kappa shape index (κ2) is 11.2. The number of carbonyl (C=O) groups is 1. The van der Waals surface area contributed by atoms with Gasteiger partial charge in [-0.05, 0) is 48.5 Å². The number of ether oxygens (including phenoxy) is 1. The third-order valence-corrected chi connectivity index (χ3v) is 11.9. The molecule has 0 aliphatic carbocycles. The molecule has 5 nitrogen and oxygen atoms in total. The first-order valence-corrected chi connectivity index (χ1v) is 15.3. The van der Waals surface area contributed by atoms with Gasteiger partial charge in [-0.15, -0.1) is 0 Å². The fourth-order valence-corrected chi connectivity index (χ4v) is 5.19. The van der Waals surface area contributed by atoms with Gasteiger partial charge in [-0.3, -0.25) is 4.79 Å². The molecular formula is C28H41NO4Si. The Morgan fingerprint density at radius 3 is 2.18 bits per heavy atom. The summed E-state index contributed by atoms with van der Waals surface area (Å²) in [4.78, 5) is 14.6. The van der Waals surface area contributed by atoms with Crippen LogP contribution in [0.3, 0.4) is 0 Å². The Hall–Kier alpha value is -1.99. The molecular weight excluding hydrogens is 442 g/mol. The molecule has 3 rings (SSSR count). The van der Waals surface area contributed by atoms with Crippen LogP contribution in [0.25, 0.3) is 0 Å². The summed E-state index contributed by atoms with van der Waals surface area (Å²) in [7, 11) is -1.80. The van der Waals surface area contributed by atoms with Crippen LogP contribution in [0, 0.1) is 0 Å². The third kappa shape index (κ3) is 6.57. The summed E-state index contributed by atoms with van der Waals surface area (Å²) in [5.41, 5.74) is 0.694. The molecule has 0 aromatic heterocycles. The van der Waals surface area contributed by atoms with E-state index in [0.717, 1.165) is 24.0 Å². The second-order valence-electron chi connectivity index (χ2n) is 10.9. The van der Waals surface area contributed by atoms with Gasteiger partial charge >= 0.3 is 0 Å². The van der Waals surface area contributed by atoms with Crippen molar-refractivity contribution in [2.24, 2.45) is 0 Å². The monoisotopic (exact) mass is 483 g/mol. The zero-order chi connectivity index (χ0) is 24.8. The van der Waals surface area contributed by atoms with E-state index in [2.05, 4.69) is 33.9 Å². The predicted molar refractivity (Wildman–Crippen MR) is 139 cm³/mol. The minimum absolute atomic E-state index is 0.0676. The summed E-state index contributed by atoms with van der Waals surface area (Å²) in [5, 5.41) is 12.0. The smallest absolute Gasteiger partial charge is 0.228 e. The van der Waals surface area contributed by atoms with Crippen molar-refractivity contribution >= 4 is 14.2 Å². The van der Waals surface area contributed by atoms with Crippen molar-refractivity contribution in [3.05, 3.63) is 71.8 Å². The van der Waals surface area contributed by atoms with Crippen molar-refractivity contribution in [2.75, 3.05) is 6.61 Å². The summed E-state index contributed by atoms with van der Waals surface area (Å²) >= 11 is 0. The van der Waals surface area contributed by atoms with Crippen LogP contribution >= 0.6 is 0 Å². The molecule has 1 amide bonds. The Morgan fingerprint density at radius 1 is 1.00 bits per heavy atom. The molecule has 1 aliphatic rings. The van der Waals surface area contributed by atoms with E-state index in [1.807, 2.05) is 60.7 Å². The molecule has 0 saturated carbocycles. The van der Waals surface area contributed by atoms with Gasteiger partial charge < -0.3 is 19.2 Å². The summed E-state index contributed by atoms with van der Waals surface area (Å²) in [6.07, 6.45) is 1.69. The van der Waals surface area contributed by atoms with E-state index in [9.17, 15) is 9.90 Å². The number of rotatable bonds is 11. The second-order valence-corrected chi connectivity index (χ2v) is 15.7. The Kier molecular flexibility index (Phi) is 8.74. The highest BCUT2D eigenvalue weighted by molar-refractivity contribution is 6.74. The van der Waals surface area contributed by atoms with Gasteiger partial charge in [-0.25, -0.2) is 0 Å². The molecule has 2 atom stereocenters. The van der Waals surface area contributed by atoms with Crippen LogP contribution in [0.1, 0.15) is 57.6 Å². The van der Waals surface area contributed by atoms with Crippen LogP contribution in [0.5, 0.6) is 0 Å². The predicted octanol–water partition coefficient (Wildman–Crippen LogP) is 5.89. The average Bonchev–Trinajstić information content (AvgIpc) is 3.02. The number of hydrogen-bond acceptors (Lipinski definition) is 4. The van der Waals surface area contributed by atoms with Gasteiger partial charge in [0.25, 0.3) is 0 Å². The van der Waals surface area contributed by atoms with Gasteiger partial charge in [-0.2, -0.15) is 0 Å². The fraction of sp³-hybridized carbons (Fsp3) is 0.536. The molecule has 1 saturated heterocycles. The minimum atomic E-state index is -1.80. The summed E-state index contributed by atoms with van der Waals surface area (Å²) in [6, 6.07) is 19.7. The SMILES string of the molecule is CC(C)(C)[Si](C)(C)OCCCCC1(O)[C@@H](OCc2ccccc2)CC(=O)N1Cc1ccccc1. The van der Waals surface area contributed by atoms with E-state index >= 15 is 0 Å². The topological polar surface area (TPSA) is 59.0 Å². The minimum Gasteiger partial charge on any atom is -0.417 e. The maximum absolute atomic E-state index is 13.0.